The van der Waals surface area contributed by atoms with E-state index in [4.69, 9.17) is 28.4 Å². The summed E-state index contributed by atoms with van der Waals surface area (Å²) in [4.78, 5) is 15.4. The Morgan fingerprint density at radius 3 is 2.42 bits per heavy atom. The predicted molar refractivity (Wildman–Crippen MR) is 176 cm³/mol. The van der Waals surface area contributed by atoms with E-state index in [2.05, 4.69) is 24.1 Å². The van der Waals surface area contributed by atoms with Gasteiger partial charge in [-0.25, -0.2) is 4.79 Å². The largest absolute Gasteiger partial charge is 0.489 e. The van der Waals surface area contributed by atoms with Gasteiger partial charge in [-0.2, -0.15) is 13.2 Å². The maximum Gasteiger partial charge on any atom is 0.416 e. The normalized spacial score (nSPS) is 20.9. The molecule has 0 spiro atoms. The van der Waals surface area contributed by atoms with E-state index in [0.29, 0.717) is 54.8 Å². The molecular formula is C37H43F3N2O8. The number of aliphatic hydroxyl groups excluding tert-OH is 1. The van der Waals surface area contributed by atoms with Crippen molar-refractivity contribution in [3.8, 4) is 17.2 Å². The lowest BCUT2D eigenvalue weighted by atomic mass is 10.00. The molecule has 10 nitrogen and oxygen atoms in total. The molecule has 6 rings (SSSR count). The maximum absolute atomic E-state index is 13.2. The fourth-order valence-corrected chi connectivity index (χ4v) is 6.50. The zero-order chi connectivity index (χ0) is 35.3. The second-order valence-corrected chi connectivity index (χ2v) is 13.4. The molecule has 270 valence electrons. The zero-order valence-corrected chi connectivity index (χ0v) is 28.1. The number of fused-ring (bicyclic) bond motifs is 2. The number of aliphatic hydroxyl groups is 1. The molecule has 2 fully saturated rings. The number of alkyl halides is 3. The third kappa shape index (κ3) is 9.39. The summed E-state index contributed by atoms with van der Waals surface area (Å²) in [6.07, 6.45) is -5.77. The number of nitrogens with one attached hydrogen (secondary N) is 1. The highest BCUT2D eigenvalue weighted by Crippen LogP contribution is 2.34. The molecule has 3 heterocycles. The van der Waals surface area contributed by atoms with E-state index in [-0.39, 0.29) is 38.8 Å². The van der Waals surface area contributed by atoms with Crippen molar-refractivity contribution in [3.63, 3.8) is 0 Å². The first-order valence-electron chi connectivity index (χ1n) is 16.9. The van der Waals surface area contributed by atoms with Crippen LogP contribution in [-0.2, 0) is 40.0 Å². The fourth-order valence-electron chi connectivity index (χ4n) is 6.50. The molecule has 2 N–H and O–H groups in total. The van der Waals surface area contributed by atoms with Gasteiger partial charge in [-0.15, -0.1) is 0 Å². The number of alkyl carbamates (subject to hydrolysis) is 1. The Bertz CT molecular complexity index is 1570. The SMILES string of the molecule is CC(C)CN(Cc1ccc2c(c1)OCO2)C[C@@H](O)[C@H](Cc1ccc(OCc2ccc(C(F)(F)F)cc2)cc1)NC(=O)O[C@H]1CO[C@H]2OCC[C@H]21. The van der Waals surface area contributed by atoms with Gasteiger partial charge in [0, 0.05) is 19.6 Å². The van der Waals surface area contributed by atoms with Crippen molar-refractivity contribution in [3.05, 3.63) is 89.0 Å². The minimum Gasteiger partial charge on any atom is -0.489 e. The second kappa shape index (κ2) is 15.9. The van der Waals surface area contributed by atoms with Gasteiger partial charge < -0.3 is 38.8 Å². The van der Waals surface area contributed by atoms with Gasteiger partial charge in [0.15, 0.2) is 17.8 Å². The smallest absolute Gasteiger partial charge is 0.416 e. The molecule has 50 heavy (non-hydrogen) atoms. The summed E-state index contributed by atoms with van der Waals surface area (Å²) in [7, 11) is 0. The molecule has 0 bridgehead atoms. The number of nitrogens with zero attached hydrogens (tertiary/aromatic N) is 1. The Morgan fingerprint density at radius 1 is 0.960 bits per heavy atom. The Morgan fingerprint density at radius 2 is 1.68 bits per heavy atom. The van der Waals surface area contributed by atoms with Crippen LogP contribution in [0.15, 0.2) is 66.7 Å². The molecule has 0 radical (unpaired) electrons. The Labute approximate surface area is 289 Å². The van der Waals surface area contributed by atoms with E-state index < -0.39 is 36.1 Å². The molecular weight excluding hydrogens is 657 g/mol. The number of amides is 1. The van der Waals surface area contributed by atoms with Crippen LogP contribution in [0.3, 0.4) is 0 Å². The summed E-state index contributed by atoms with van der Waals surface area (Å²) in [6.45, 7) is 6.83. The average Bonchev–Trinajstić information content (AvgIpc) is 3.82. The quantitative estimate of drug-likeness (QED) is 0.212. The highest BCUT2D eigenvalue weighted by atomic mass is 19.4. The Hall–Kier alpha value is -4.04. The van der Waals surface area contributed by atoms with Crippen molar-refractivity contribution in [2.75, 3.05) is 33.1 Å². The molecule has 3 aromatic rings. The molecule has 3 aromatic carbocycles. The zero-order valence-electron chi connectivity index (χ0n) is 28.1. The lowest BCUT2D eigenvalue weighted by Crippen LogP contribution is -2.50. The van der Waals surface area contributed by atoms with Crippen LogP contribution in [0.5, 0.6) is 17.2 Å². The molecule has 0 saturated carbocycles. The monoisotopic (exact) mass is 700 g/mol. The first kappa shape index (κ1) is 35.8. The van der Waals surface area contributed by atoms with Gasteiger partial charge in [-0.05, 0) is 71.8 Å². The van der Waals surface area contributed by atoms with E-state index in [0.717, 1.165) is 29.7 Å². The van der Waals surface area contributed by atoms with Crippen LogP contribution in [-0.4, -0.2) is 73.7 Å². The molecule has 5 atom stereocenters. The summed E-state index contributed by atoms with van der Waals surface area (Å²) in [5.41, 5.74) is 1.72. The second-order valence-electron chi connectivity index (χ2n) is 13.4. The minimum absolute atomic E-state index is 0.0255. The Kier molecular flexibility index (Phi) is 11.4. The third-order valence-electron chi connectivity index (χ3n) is 8.99. The average molecular weight is 701 g/mol. The standard InChI is InChI=1S/C37H43F3N2O8/c1-23(2)17-42(18-26-7-12-32-33(16-26)49-22-48-32)19-31(43)30(41-36(44)50-34-21-47-35-29(34)13-14-45-35)15-24-5-10-28(11-6-24)46-20-25-3-8-27(9-4-25)37(38,39)40/h3-12,16,23,29-31,34-35,43H,13-15,17-22H2,1-2H3,(H,41,44)/t29-,30-,31+,34-,35+/m0/s1. The number of carbonyl (C=O) groups is 1. The lowest BCUT2D eigenvalue weighted by molar-refractivity contribution is -0.137. The first-order valence-corrected chi connectivity index (χ1v) is 16.9. The number of halogens is 3. The van der Waals surface area contributed by atoms with E-state index >= 15 is 0 Å². The third-order valence-corrected chi connectivity index (χ3v) is 8.99. The topological polar surface area (TPSA) is 108 Å². The van der Waals surface area contributed by atoms with E-state index in [9.17, 15) is 23.1 Å². The van der Waals surface area contributed by atoms with Crippen LogP contribution < -0.4 is 19.5 Å². The van der Waals surface area contributed by atoms with Crippen LogP contribution in [0.2, 0.25) is 0 Å². The van der Waals surface area contributed by atoms with E-state index in [1.807, 2.05) is 30.3 Å². The number of rotatable bonds is 14. The van der Waals surface area contributed by atoms with Crippen LogP contribution in [0.4, 0.5) is 18.0 Å². The summed E-state index contributed by atoms with van der Waals surface area (Å²) >= 11 is 0. The van der Waals surface area contributed by atoms with Crippen LogP contribution in [0.1, 0.15) is 42.5 Å². The predicted octanol–water partition coefficient (Wildman–Crippen LogP) is 5.93. The summed E-state index contributed by atoms with van der Waals surface area (Å²) in [5, 5.41) is 14.6. The van der Waals surface area contributed by atoms with Gasteiger partial charge in [0.05, 0.1) is 36.8 Å². The molecule has 13 heteroatoms. The van der Waals surface area contributed by atoms with Gasteiger partial charge in [0.25, 0.3) is 0 Å². The van der Waals surface area contributed by atoms with Crippen molar-refractivity contribution >= 4 is 6.09 Å². The molecule has 0 aliphatic carbocycles. The van der Waals surface area contributed by atoms with Gasteiger partial charge in [-0.3, -0.25) is 4.90 Å². The number of carbonyl (C=O) groups excluding carboxylic acids is 1. The van der Waals surface area contributed by atoms with Gasteiger partial charge in [0.1, 0.15) is 18.5 Å². The summed E-state index contributed by atoms with van der Waals surface area (Å²) in [6, 6.07) is 17.1. The molecule has 1 amide bonds. The number of hydrogen-bond donors (Lipinski definition) is 2. The van der Waals surface area contributed by atoms with E-state index in [1.165, 1.54) is 12.1 Å². The van der Waals surface area contributed by atoms with Crippen LogP contribution in [0.25, 0.3) is 0 Å². The van der Waals surface area contributed by atoms with Crippen molar-refractivity contribution in [2.24, 2.45) is 11.8 Å². The number of benzene rings is 3. The van der Waals surface area contributed by atoms with Crippen molar-refractivity contribution in [2.45, 2.75) is 70.6 Å². The minimum atomic E-state index is -4.40. The molecule has 0 aromatic heterocycles. The molecule has 0 unspecified atom stereocenters. The highest BCUT2D eigenvalue weighted by Gasteiger charge is 2.44. The fraction of sp³-hybridized carbons (Fsp3) is 0.486. The van der Waals surface area contributed by atoms with Crippen LogP contribution in [0, 0.1) is 11.8 Å². The van der Waals surface area contributed by atoms with E-state index in [1.54, 1.807) is 12.1 Å². The number of hydrogen-bond acceptors (Lipinski definition) is 9. The molecule has 3 aliphatic heterocycles. The summed E-state index contributed by atoms with van der Waals surface area (Å²) in [5.74, 6) is 2.20. The van der Waals surface area contributed by atoms with Crippen LogP contribution >= 0.6 is 0 Å². The summed E-state index contributed by atoms with van der Waals surface area (Å²) < 4.78 is 72.5. The molecule has 3 aliphatic rings. The first-order chi connectivity index (χ1) is 24.0. The maximum atomic E-state index is 13.2. The number of ether oxygens (including phenoxy) is 6. The van der Waals surface area contributed by atoms with Gasteiger partial charge in [0.2, 0.25) is 6.79 Å². The highest BCUT2D eigenvalue weighted by molar-refractivity contribution is 5.68. The lowest BCUT2D eigenvalue weighted by Gasteiger charge is -2.31. The molecule has 2 saturated heterocycles. The van der Waals surface area contributed by atoms with Crippen molar-refractivity contribution in [1.82, 2.24) is 10.2 Å². The van der Waals surface area contributed by atoms with Crippen molar-refractivity contribution in [1.29, 1.82) is 0 Å². The van der Waals surface area contributed by atoms with Crippen molar-refractivity contribution < 1.29 is 51.5 Å². The van der Waals surface area contributed by atoms with Gasteiger partial charge in [-0.1, -0.05) is 44.2 Å². The van der Waals surface area contributed by atoms with Gasteiger partial charge >= 0.3 is 12.3 Å². The Balaban J connectivity index is 1.12.